The standard InChI is InChI=1S/C11H17NO/c1-4-9-6-5-7-12-10(9)11(13)8(2)3/h5-8,11,13H,4H2,1-3H3. The topological polar surface area (TPSA) is 33.1 Å². The molecule has 1 rings (SSSR count). The van der Waals surface area contributed by atoms with Gasteiger partial charge in [0, 0.05) is 6.20 Å². The molecule has 0 radical (unpaired) electrons. The minimum Gasteiger partial charge on any atom is -0.387 e. The second-order valence-corrected chi connectivity index (χ2v) is 3.59. The van der Waals surface area contributed by atoms with Crippen molar-refractivity contribution in [1.82, 2.24) is 4.98 Å². The van der Waals surface area contributed by atoms with Gasteiger partial charge in [-0.15, -0.1) is 0 Å². The third-order valence-electron chi connectivity index (χ3n) is 2.22. The number of hydrogen-bond donors (Lipinski definition) is 1. The predicted octanol–water partition coefficient (Wildman–Crippen LogP) is 2.33. The fourth-order valence-corrected chi connectivity index (χ4v) is 1.33. The summed E-state index contributed by atoms with van der Waals surface area (Å²) in [5.74, 6) is 0.222. The molecule has 0 fully saturated rings. The maximum absolute atomic E-state index is 9.85. The number of nitrogens with zero attached hydrogens (tertiary/aromatic N) is 1. The van der Waals surface area contributed by atoms with Crippen molar-refractivity contribution in [1.29, 1.82) is 0 Å². The summed E-state index contributed by atoms with van der Waals surface area (Å²) < 4.78 is 0. The van der Waals surface area contributed by atoms with E-state index in [9.17, 15) is 5.11 Å². The molecule has 13 heavy (non-hydrogen) atoms. The maximum atomic E-state index is 9.85. The molecule has 2 heteroatoms. The second-order valence-electron chi connectivity index (χ2n) is 3.59. The van der Waals surface area contributed by atoms with Gasteiger partial charge in [0.2, 0.25) is 0 Å². The monoisotopic (exact) mass is 179 g/mol. The number of hydrogen-bond acceptors (Lipinski definition) is 2. The van der Waals surface area contributed by atoms with Crippen molar-refractivity contribution >= 4 is 0 Å². The van der Waals surface area contributed by atoms with E-state index in [4.69, 9.17) is 0 Å². The quantitative estimate of drug-likeness (QED) is 0.772. The minimum atomic E-state index is -0.434. The van der Waals surface area contributed by atoms with E-state index in [0.717, 1.165) is 17.7 Å². The molecule has 72 valence electrons. The zero-order valence-corrected chi connectivity index (χ0v) is 8.49. The van der Waals surface area contributed by atoms with Crippen molar-refractivity contribution in [3.63, 3.8) is 0 Å². The molecule has 0 aliphatic heterocycles. The van der Waals surface area contributed by atoms with E-state index in [-0.39, 0.29) is 5.92 Å². The van der Waals surface area contributed by atoms with Gasteiger partial charge in [0.1, 0.15) is 0 Å². The lowest BCUT2D eigenvalue weighted by Crippen LogP contribution is -2.10. The molecule has 0 amide bonds. The summed E-state index contributed by atoms with van der Waals surface area (Å²) in [5, 5.41) is 9.85. The predicted molar refractivity (Wildman–Crippen MR) is 53.4 cm³/mol. The Kier molecular flexibility index (Phi) is 3.43. The fourth-order valence-electron chi connectivity index (χ4n) is 1.33. The van der Waals surface area contributed by atoms with Crippen LogP contribution in [0.4, 0.5) is 0 Å². The van der Waals surface area contributed by atoms with Crippen molar-refractivity contribution in [3.05, 3.63) is 29.6 Å². The highest BCUT2D eigenvalue weighted by molar-refractivity contribution is 5.21. The van der Waals surface area contributed by atoms with Gasteiger partial charge in [-0.3, -0.25) is 4.98 Å². The van der Waals surface area contributed by atoms with Gasteiger partial charge in [0.15, 0.2) is 0 Å². The van der Waals surface area contributed by atoms with E-state index in [1.807, 2.05) is 26.0 Å². The Labute approximate surface area is 79.6 Å². The minimum absolute atomic E-state index is 0.222. The molecule has 1 aromatic heterocycles. The lowest BCUT2D eigenvalue weighted by atomic mass is 9.99. The Balaban J connectivity index is 2.98. The zero-order chi connectivity index (χ0) is 9.84. The summed E-state index contributed by atoms with van der Waals surface area (Å²) in [4.78, 5) is 4.22. The first-order valence-corrected chi connectivity index (χ1v) is 4.78. The van der Waals surface area contributed by atoms with Gasteiger partial charge in [-0.05, 0) is 24.0 Å². The Hall–Kier alpha value is -0.890. The Morgan fingerprint density at radius 3 is 2.69 bits per heavy atom. The molecule has 0 aromatic carbocycles. The third kappa shape index (κ3) is 2.28. The highest BCUT2D eigenvalue weighted by atomic mass is 16.3. The zero-order valence-electron chi connectivity index (χ0n) is 8.49. The summed E-state index contributed by atoms with van der Waals surface area (Å²) in [6.07, 6.45) is 2.23. The maximum Gasteiger partial charge on any atom is 0.0985 e. The lowest BCUT2D eigenvalue weighted by Gasteiger charge is -2.16. The second kappa shape index (κ2) is 4.38. The number of aryl methyl sites for hydroxylation is 1. The average molecular weight is 179 g/mol. The molecular weight excluding hydrogens is 162 g/mol. The first-order chi connectivity index (χ1) is 6.16. The molecule has 0 aliphatic rings. The molecule has 0 aliphatic carbocycles. The number of aliphatic hydroxyl groups excluding tert-OH is 1. The molecule has 2 nitrogen and oxygen atoms in total. The van der Waals surface area contributed by atoms with Gasteiger partial charge in [-0.2, -0.15) is 0 Å². The Bertz CT molecular complexity index is 271. The van der Waals surface area contributed by atoms with E-state index in [1.165, 1.54) is 0 Å². The van der Waals surface area contributed by atoms with E-state index in [2.05, 4.69) is 11.9 Å². The summed E-state index contributed by atoms with van der Waals surface area (Å²) in [7, 11) is 0. The Morgan fingerprint density at radius 1 is 1.46 bits per heavy atom. The van der Waals surface area contributed by atoms with Crippen LogP contribution in [-0.2, 0) is 6.42 Å². The lowest BCUT2D eigenvalue weighted by molar-refractivity contribution is 0.121. The van der Waals surface area contributed by atoms with Crippen molar-refractivity contribution in [2.75, 3.05) is 0 Å². The van der Waals surface area contributed by atoms with Gasteiger partial charge in [0.05, 0.1) is 11.8 Å². The first kappa shape index (κ1) is 10.2. The van der Waals surface area contributed by atoms with E-state index < -0.39 is 6.10 Å². The summed E-state index contributed by atoms with van der Waals surface area (Å²) in [6.45, 7) is 6.07. The van der Waals surface area contributed by atoms with Crippen LogP contribution in [0.15, 0.2) is 18.3 Å². The Morgan fingerprint density at radius 2 is 2.15 bits per heavy atom. The van der Waals surface area contributed by atoms with Crippen molar-refractivity contribution in [3.8, 4) is 0 Å². The average Bonchev–Trinajstić information content (AvgIpc) is 2.16. The van der Waals surface area contributed by atoms with Gasteiger partial charge < -0.3 is 5.11 Å². The molecule has 1 heterocycles. The van der Waals surface area contributed by atoms with Crippen LogP contribution < -0.4 is 0 Å². The third-order valence-corrected chi connectivity index (χ3v) is 2.22. The number of aliphatic hydroxyl groups is 1. The first-order valence-electron chi connectivity index (χ1n) is 4.78. The molecule has 1 N–H and O–H groups in total. The van der Waals surface area contributed by atoms with Crippen LogP contribution in [0.2, 0.25) is 0 Å². The van der Waals surface area contributed by atoms with Crippen molar-refractivity contribution in [2.45, 2.75) is 33.3 Å². The van der Waals surface area contributed by atoms with Gasteiger partial charge in [0.25, 0.3) is 0 Å². The summed E-state index contributed by atoms with van der Waals surface area (Å²) in [5.41, 5.74) is 1.98. The van der Waals surface area contributed by atoms with Crippen molar-refractivity contribution < 1.29 is 5.11 Å². The SMILES string of the molecule is CCc1cccnc1C(O)C(C)C. The summed E-state index contributed by atoms with van der Waals surface area (Å²) >= 11 is 0. The molecule has 0 spiro atoms. The van der Waals surface area contributed by atoms with Crippen LogP contribution in [0.1, 0.15) is 38.1 Å². The van der Waals surface area contributed by atoms with Crippen LogP contribution in [-0.4, -0.2) is 10.1 Å². The normalized spacial score (nSPS) is 13.3. The largest absolute Gasteiger partial charge is 0.387 e. The molecule has 1 atom stereocenters. The molecule has 0 bridgehead atoms. The smallest absolute Gasteiger partial charge is 0.0985 e. The van der Waals surface area contributed by atoms with Gasteiger partial charge in [-0.1, -0.05) is 26.8 Å². The molecular formula is C11H17NO. The van der Waals surface area contributed by atoms with Gasteiger partial charge >= 0.3 is 0 Å². The summed E-state index contributed by atoms with van der Waals surface area (Å²) in [6, 6.07) is 3.93. The molecule has 0 saturated heterocycles. The highest BCUT2D eigenvalue weighted by Gasteiger charge is 2.15. The van der Waals surface area contributed by atoms with Crippen LogP contribution in [0.25, 0.3) is 0 Å². The molecule has 1 unspecified atom stereocenters. The van der Waals surface area contributed by atoms with Crippen molar-refractivity contribution in [2.24, 2.45) is 5.92 Å². The molecule has 1 aromatic rings. The molecule has 0 saturated carbocycles. The van der Waals surface area contributed by atoms with Crippen LogP contribution >= 0.6 is 0 Å². The van der Waals surface area contributed by atoms with E-state index in [0.29, 0.717) is 0 Å². The number of rotatable bonds is 3. The van der Waals surface area contributed by atoms with E-state index in [1.54, 1.807) is 6.20 Å². The van der Waals surface area contributed by atoms with E-state index >= 15 is 0 Å². The number of pyridine rings is 1. The van der Waals surface area contributed by atoms with Crippen LogP contribution in [0.3, 0.4) is 0 Å². The van der Waals surface area contributed by atoms with Crippen LogP contribution in [0.5, 0.6) is 0 Å². The van der Waals surface area contributed by atoms with Gasteiger partial charge in [-0.25, -0.2) is 0 Å². The number of aromatic nitrogens is 1. The fraction of sp³-hybridized carbons (Fsp3) is 0.545. The van der Waals surface area contributed by atoms with Crippen LogP contribution in [0, 0.1) is 5.92 Å². The highest BCUT2D eigenvalue weighted by Crippen LogP contribution is 2.22.